The molecule has 2 heterocycles. The number of rotatable bonds is 4. The van der Waals surface area contributed by atoms with Gasteiger partial charge in [0.1, 0.15) is 11.3 Å². The zero-order valence-corrected chi connectivity index (χ0v) is 12.5. The molecular formula is C15H20N2OS. The van der Waals surface area contributed by atoms with E-state index in [0.717, 1.165) is 17.1 Å². The fraction of sp³-hybridized carbons (Fsp3) is 0.533. The Labute approximate surface area is 118 Å². The van der Waals surface area contributed by atoms with E-state index in [4.69, 9.17) is 9.40 Å². The minimum Gasteiger partial charge on any atom is -0.472 e. The molecule has 0 radical (unpaired) electrons. The predicted octanol–water partition coefficient (Wildman–Crippen LogP) is 4.17. The van der Waals surface area contributed by atoms with E-state index in [1.165, 1.54) is 23.4 Å². The van der Waals surface area contributed by atoms with Crippen molar-refractivity contribution in [2.24, 2.45) is 0 Å². The first-order chi connectivity index (χ1) is 9.03. The number of furan rings is 1. The summed E-state index contributed by atoms with van der Waals surface area (Å²) in [7, 11) is 0. The molecule has 19 heavy (non-hydrogen) atoms. The third-order valence-corrected chi connectivity index (χ3v) is 4.36. The Bertz CT molecular complexity index is 547. The standard InChI is InChI=1S/C15H20N2OS/c1-15(2,3)16-8-12-13(10-4-5-10)17-14(19-12)11-6-7-18-9-11/h6-7,9-10,16H,4-5,8H2,1-3H3. The highest BCUT2D eigenvalue weighted by Crippen LogP contribution is 2.44. The molecule has 0 bridgehead atoms. The summed E-state index contributed by atoms with van der Waals surface area (Å²) in [6, 6.07) is 1.98. The lowest BCUT2D eigenvalue weighted by Crippen LogP contribution is -2.35. The molecule has 0 atom stereocenters. The molecule has 3 nitrogen and oxygen atoms in total. The molecule has 0 aliphatic heterocycles. The third kappa shape index (κ3) is 3.07. The normalized spacial score (nSPS) is 15.9. The molecular weight excluding hydrogens is 256 g/mol. The summed E-state index contributed by atoms with van der Waals surface area (Å²) in [5.41, 5.74) is 2.53. The molecule has 4 heteroatoms. The average molecular weight is 276 g/mol. The molecule has 1 aliphatic carbocycles. The Kier molecular flexibility index (Phi) is 3.23. The van der Waals surface area contributed by atoms with E-state index in [-0.39, 0.29) is 5.54 Å². The van der Waals surface area contributed by atoms with Crippen molar-refractivity contribution in [1.82, 2.24) is 10.3 Å². The fourth-order valence-corrected chi connectivity index (χ4v) is 3.09. The summed E-state index contributed by atoms with van der Waals surface area (Å²) in [6.45, 7) is 7.50. The van der Waals surface area contributed by atoms with Crippen LogP contribution in [0.3, 0.4) is 0 Å². The maximum Gasteiger partial charge on any atom is 0.127 e. The zero-order valence-electron chi connectivity index (χ0n) is 11.7. The molecule has 1 aliphatic rings. The van der Waals surface area contributed by atoms with Gasteiger partial charge in [0.05, 0.1) is 12.0 Å². The Morgan fingerprint density at radius 2 is 2.21 bits per heavy atom. The summed E-state index contributed by atoms with van der Waals surface area (Å²) in [4.78, 5) is 6.22. The van der Waals surface area contributed by atoms with Crippen LogP contribution >= 0.6 is 11.3 Å². The topological polar surface area (TPSA) is 38.1 Å². The van der Waals surface area contributed by atoms with Crippen LogP contribution in [-0.4, -0.2) is 10.5 Å². The van der Waals surface area contributed by atoms with Gasteiger partial charge in [-0.25, -0.2) is 4.98 Å². The molecule has 102 valence electrons. The second kappa shape index (κ2) is 4.76. The lowest BCUT2D eigenvalue weighted by molar-refractivity contribution is 0.425. The number of thiazole rings is 1. The number of aromatic nitrogens is 1. The number of nitrogens with one attached hydrogen (secondary N) is 1. The van der Waals surface area contributed by atoms with Crippen molar-refractivity contribution < 1.29 is 4.42 Å². The highest BCUT2D eigenvalue weighted by molar-refractivity contribution is 7.15. The molecule has 2 aromatic rings. The lowest BCUT2D eigenvalue weighted by Gasteiger charge is -2.20. The lowest BCUT2D eigenvalue weighted by atomic mass is 10.1. The summed E-state index contributed by atoms with van der Waals surface area (Å²) in [5, 5.41) is 4.65. The van der Waals surface area contributed by atoms with Crippen LogP contribution < -0.4 is 5.32 Å². The van der Waals surface area contributed by atoms with Crippen LogP contribution in [-0.2, 0) is 6.54 Å². The second-order valence-corrected chi connectivity index (χ2v) is 7.30. The number of hydrogen-bond donors (Lipinski definition) is 1. The SMILES string of the molecule is CC(C)(C)NCc1sc(-c2ccoc2)nc1C1CC1. The van der Waals surface area contributed by atoms with E-state index >= 15 is 0 Å². The van der Waals surface area contributed by atoms with Gasteiger partial charge in [0, 0.05) is 28.4 Å². The summed E-state index contributed by atoms with van der Waals surface area (Å²) < 4.78 is 5.16. The monoisotopic (exact) mass is 276 g/mol. The molecule has 0 saturated heterocycles. The first-order valence-electron chi connectivity index (χ1n) is 6.80. The van der Waals surface area contributed by atoms with E-state index in [0.29, 0.717) is 5.92 Å². The van der Waals surface area contributed by atoms with Crippen LogP contribution in [0.5, 0.6) is 0 Å². The molecule has 0 amide bonds. The van der Waals surface area contributed by atoms with E-state index in [1.807, 2.05) is 6.07 Å². The smallest absolute Gasteiger partial charge is 0.127 e. The quantitative estimate of drug-likeness (QED) is 0.910. The van der Waals surface area contributed by atoms with Crippen molar-refractivity contribution >= 4 is 11.3 Å². The maximum absolute atomic E-state index is 5.16. The minimum atomic E-state index is 0.139. The van der Waals surface area contributed by atoms with Gasteiger partial charge in [-0.15, -0.1) is 11.3 Å². The van der Waals surface area contributed by atoms with E-state index in [1.54, 1.807) is 23.9 Å². The largest absolute Gasteiger partial charge is 0.472 e. The van der Waals surface area contributed by atoms with Crippen LogP contribution in [0.4, 0.5) is 0 Å². The first kappa shape index (κ1) is 12.9. The second-order valence-electron chi connectivity index (χ2n) is 6.22. The molecule has 1 saturated carbocycles. The number of nitrogens with zero attached hydrogens (tertiary/aromatic N) is 1. The third-order valence-electron chi connectivity index (χ3n) is 3.24. The maximum atomic E-state index is 5.16. The molecule has 1 fully saturated rings. The Balaban J connectivity index is 1.85. The van der Waals surface area contributed by atoms with Crippen LogP contribution in [0.1, 0.15) is 50.1 Å². The van der Waals surface area contributed by atoms with Gasteiger partial charge in [0.2, 0.25) is 0 Å². The molecule has 0 spiro atoms. The molecule has 0 unspecified atom stereocenters. The summed E-state index contributed by atoms with van der Waals surface area (Å²) >= 11 is 1.79. The van der Waals surface area contributed by atoms with Crippen LogP contribution in [0.15, 0.2) is 23.0 Å². The van der Waals surface area contributed by atoms with Crippen molar-refractivity contribution in [1.29, 1.82) is 0 Å². The van der Waals surface area contributed by atoms with Crippen molar-refractivity contribution in [2.45, 2.75) is 51.6 Å². The molecule has 2 aromatic heterocycles. The van der Waals surface area contributed by atoms with Crippen molar-refractivity contribution in [3.05, 3.63) is 29.2 Å². The van der Waals surface area contributed by atoms with Gasteiger partial charge in [-0.3, -0.25) is 0 Å². The van der Waals surface area contributed by atoms with Gasteiger partial charge in [-0.2, -0.15) is 0 Å². The number of hydrogen-bond acceptors (Lipinski definition) is 4. The molecule has 3 rings (SSSR count). The van der Waals surface area contributed by atoms with Crippen LogP contribution in [0.25, 0.3) is 10.6 Å². The van der Waals surface area contributed by atoms with E-state index < -0.39 is 0 Å². The molecule has 1 N–H and O–H groups in total. The van der Waals surface area contributed by atoms with Gasteiger partial charge < -0.3 is 9.73 Å². The van der Waals surface area contributed by atoms with Gasteiger partial charge in [0.25, 0.3) is 0 Å². The fourth-order valence-electron chi connectivity index (χ4n) is 2.02. The van der Waals surface area contributed by atoms with Crippen LogP contribution in [0, 0.1) is 0 Å². The van der Waals surface area contributed by atoms with Gasteiger partial charge in [0.15, 0.2) is 0 Å². The first-order valence-corrected chi connectivity index (χ1v) is 7.62. The Morgan fingerprint density at radius 3 is 2.79 bits per heavy atom. The summed E-state index contributed by atoms with van der Waals surface area (Å²) in [6.07, 6.45) is 6.06. The minimum absolute atomic E-state index is 0.139. The van der Waals surface area contributed by atoms with Gasteiger partial charge >= 0.3 is 0 Å². The van der Waals surface area contributed by atoms with E-state index in [2.05, 4.69) is 26.1 Å². The predicted molar refractivity (Wildman–Crippen MR) is 78.4 cm³/mol. The Hall–Kier alpha value is -1.13. The highest BCUT2D eigenvalue weighted by Gasteiger charge is 2.30. The van der Waals surface area contributed by atoms with Gasteiger partial charge in [-0.05, 0) is 39.7 Å². The van der Waals surface area contributed by atoms with Crippen LogP contribution in [0.2, 0.25) is 0 Å². The van der Waals surface area contributed by atoms with Crippen molar-refractivity contribution in [3.8, 4) is 10.6 Å². The Morgan fingerprint density at radius 1 is 1.42 bits per heavy atom. The van der Waals surface area contributed by atoms with Crippen molar-refractivity contribution in [3.63, 3.8) is 0 Å². The van der Waals surface area contributed by atoms with Gasteiger partial charge in [-0.1, -0.05) is 0 Å². The van der Waals surface area contributed by atoms with Crippen molar-refractivity contribution in [2.75, 3.05) is 0 Å². The zero-order chi connectivity index (χ0) is 13.5. The van der Waals surface area contributed by atoms with E-state index in [9.17, 15) is 0 Å². The summed E-state index contributed by atoms with van der Waals surface area (Å²) in [5.74, 6) is 0.689. The highest BCUT2D eigenvalue weighted by atomic mass is 32.1. The molecule has 0 aromatic carbocycles. The average Bonchev–Trinajstić information content (AvgIpc) is 2.90.